The minimum absolute atomic E-state index is 0.0272. The Morgan fingerprint density at radius 3 is 2.62 bits per heavy atom. The van der Waals surface area contributed by atoms with E-state index in [1.54, 1.807) is 11.0 Å². The Labute approximate surface area is 130 Å². The second-order valence-corrected chi connectivity index (χ2v) is 5.73. The highest BCUT2D eigenvalue weighted by molar-refractivity contribution is 7.80. The van der Waals surface area contributed by atoms with Gasteiger partial charge in [-0.25, -0.2) is 4.39 Å². The summed E-state index contributed by atoms with van der Waals surface area (Å²) in [5, 5.41) is 0. The minimum atomic E-state index is -0.594. The Morgan fingerprint density at radius 1 is 1.48 bits per heavy atom. The molecule has 6 heteroatoms. The number of carbonyl (C=O) groups is 1. The molecule has 0 saturated carbocycles. The van der Waals surface area contributed by atoms with E-state index in [2.05, 4.69) is 0 Å². The summed E-state index contributed by atoms with van der Waals surface area (Å²) in [6.07, 6.45) is 0.422. The topological polar surface area (TPSA) is 55.6 Å². The molecule has 0 fully saturated rings. The molecular weight excluding hydrogens is 291 g/mol. The molecule has 21 heavy (non-hydrogen) atoms. The second-order valence-electron chi connectivity index (χ2n) is 5.21. The van der Waals surface area contributed by atoms with Crippen LogP contribution in [0.5, 0.6) is 5.75 Å². The van der Waals surface area contributed by atoms with Crippen LogP contribution < -0.4 is 10.5 Å². The van der Waals surface area contributed by atoms with Crippen LogP contribution in [-0.2, 0) is 0 Å². The number of benzene rings is 1. The standard InChI is InChI=1S/C15H21FN2O2S/c1-10(2)9-18(7-6-14(17)21)15(19)12-5-4-11(20-3)8-13(12)16/h4-5,8,10H,6-7,9H2,1-3H3,(H2,17,21). The Kier molecular flexibility index (Phi) is 6.55. The van der Waals surface area contributed by atoms with Crippen LogP contribution in [0.1, 0.15) is 30.6 Å². The third-order valence-electron chi connectivity index (χ3n) is 2.91. The van der Waals surface area contributed by atoms with E-state index in [0.29, 0.717) is 30.2 Å². The van der Waals surface area contributed by atoms with Crippen LogP contribution in [-0.4, -0.2) is 36.0 Å². The van der Waals surface area contributed by atoms with Crippen molar-refractivity contribution in [3.63, 3.8) is 0 Å². The number of ether oxygens (including phenoxy) is 1. The van der Waals surface area contributed by atoms with Crippen LogP contribution in [0.15, 0.2) is 18.2 Å². The first kappa shape index (κ1) is 17.4. The van der Waals surface area contributed by atoms with Gasteiger partial charge >= 0.3 is 0 Å². The molecule has 0 spiro atoms. The van der Waals surface area contributed by atoms with Crippen molar-refractivity contribution >= 4 is 23.1 Å². The average Bonchev–Trinajstić information content (AvgIpc) is 2.42. The van der Waals surface area contributed by atoms with E-state index in [4.69, 9.17) is 22.7 Å². The van der Waals surface area contributed by atoms with Crippen molar-refractivity contribution in [1.29, 1.82) is 0 Å². The molecule has 0 aliphatic rings. The zero-order valence-corrected chi connectivity index (χ0v) is 13.4. The Hall–Kier alpha value is -1.69. The second kappa shape index (κ2) is 7.93. The molecule has 1 aromatic rings. The van der Waals surface area contributed by atoms with Gasteiger partial charge in [-0.1, -0.05) is 26.1 Å². The van der Waals surface area contributed by atoms with Gasteiger partial charge in [0.25, 0.3) is 5.91 Å². The van der Waals surface area contributed by atoms with Gasteiger partial charge in [-0.05, 0) is 18.1 Å². The first-order chi connectivity index (χ1) is 9.85. The molecule has 1 rings (SSSR count). The molecule has 0 heterocycles. The van der Waals surface area contributed by atoms with Crippen LogP contribution >= 0.6 is 12.2 Å². The fraction of sp³-hybridized carbons (Fsp3) is 0.467. The number of halogens is 1. The molecule has 0 aliphatic carbocycles. The number of carbonyl (C=O) groups excluding carboxylic acids is 1. The van der Waals surface area contributed by atoms with Crippen LogP contribution in [0.3, 0.4) is 0 Å². The quantitative estimate of drug-likeness (QED) is 0.786. The van der Waals surface area contributed by atoms with E-state index in [-0.39, 0.29) is 17.4 Å². The van der Waals surface area contributed by atoms with Crippen LogP contribution in [0, 0.1) is 11.7 Å². The highest BCUT2D eigenvalue weighted by Gasteiger charge is 2.20. The maximum absolute atomic E-state index is 14.0. The lowest BCUT2D eigenvalue weighted by Gasteiger charge is -2.24. The fourth-order valence-electron chi connectivity index (χ4n) is 1.93. The molecule has 2 N–H and O–H groups in total. The Bertz CT molecular complexity index is 520. The number of hydrogen-bond acceptors (Lipinski definition) is 3. The fourth-order valence-corrected chi connectivity index (χ4v) is 2.02. The van der Waals surface area contributed by atoms with Crippen molar-refractivity contribution in [3.8, 4) is 5.75 Å². The van der Waals surface area contributed by atoms with Crippen molar-refractivity contribution in [2.24, 2.45) is 11.7 Å². The van der Waals surface area contributed by atoms with Gasteiger partial charge in [0.05, 0.1) is 17.7 Å². The number of hydrogen-bond donors (Lipinski definition) is 1. The van der Waals surface area contributed by atoms with E-state index in [1.165, 1.54) is 19.2 Å². The number of nitrogens with zero attached hydrogens (tertiary/aromatic N) is 1. The van der Waals surface area contributed by atoms with Crippen LogP contribution in [0.25, 0.3) is 0 Å². The smallest absolute Gasteiger partial charge is 0.256 e. The molecule has 116 valence electrons. The summed E-state index contributed by atoms with van der Waals surface area (Å²) >= 11 is 4.84. The van der Waals surface area contributed by atoms with Crippen LogP contribution in [0.4, 0.5) is 4.39 Å². The highest BCUT2D eigenvalue weighted by atomic mass is 32.1. The van der Waals surface area contributed by atoms with Gasteiger partial charge in [0.2, 0.25) is 0 Å². The van der Waals surface area contributed by atoms with E-state index in [9.17, 15) is 9.18 Å². The molecular formula is C15H21FN2O2S. The third kappa shape index (κ3) is 5.30. The first-order valence-electron chi connectivity index (χ1n) is 6.76. The zero-order chi connectivity index (χ0) is 16.0. The number of thiocarbonyl (C=S) groups is 1. The van der Waals surface area contributed by atoms with Gasteiger partial charge in [0.15, 0.2) is 0 Å². The Balaban J connectivity index is 2.95. The molecule has 0 atom stereocenters. The van der Waals surface area contributed by atoms with Crippen molar-refractivity contribution in [2.45, 2.75) is 20.3 Å². The molecule has 1 amide bonds. The van der Waals surface area contributed by atoms with Gasteiger partial charge in [0.1, 0.15) is 11.6 Å². The van der Waals surface area contributed by atoms with Crippen molar-refractivity contribution in [1.82, 2.24) is 4.90 Å². The van der Waals surface area contributed by atoms with E-state index >= 15 is 0 Å². The third-order valence-corrected chi connectivity index (χ3v) is 3.11. The Morgan fingerprint density at radius 2 is 2.14 bits per heavy atom. The lowest BCUT2D eigenvalue weighted by Crippen LogP contribution is -2.37. The largest absolute Gasteiger partial charge is 0.497 e. The summed E-state index contributed by atoms with van der Waals surface area (Å²) in [6, 6.07) is 4.20. The molecule has 0 bridgehead atoms. The normalized spacial score (nSPS) is 10.5. The highest BCUT2D eigenvalue weighted by Crippen LogP contribution is 2.18. The maximum atomic E-state index is 14.0. The number of amides is 1. The number of rotatable bonds is 7. The van der Waals surface area contributed by atoms with Gasteiger partial charge in [-0.15, -0.1) is 0 Å². The molecule has 0 aliphatic heterocycles. The van der Waals surface area contributed by atoms with Gasteiger partial charge in [-0.2, -0.15) is 0 Å². The summed E-state index contributed by atoms with van der Waals surface area (Å²) in [7, 11) is 1.45. The van der Waals surface area contributed by atoms with Gasteiger partial charge < -0.3 is 15.4 Å². The average molecular weight is 312 g/mol. The maximum Gasteiger partial charge on any atom is 0.256 e. The van der Waals surface area contributed by atoms with Crippen molar-refractivity contribution in [2.75, 3.05) is 20.2 Å². The molecule has 0 aromatic heterocycles. The molecule has 0 saturated heterocycles. The summed E-state index contributed by atoms with van der Waals surface area (Å²) in [5.41, 5.74) is 5.51. The summed E-state index contributed by atoms with van der Waals surface area (Å²) < 4.78 is 18.9. The molecule has 0 radical (unpaired) electrons. The lowest BCUT2D eigenvalue weighted by atomic mass is 10.1. The number of methoxy groups -OCH3 is 1. The number of nitrogens with two attached hydrogens (primary N) is 1. The summed E-state index contributed by atoms with van der Waals surface area (Å²) in [4.78, 5) is 14.4. The van der Waals surface area contributed by atoms with E-state index in [0.717, 1.165) is 0 Å². The van der Waals surface area contributed by atoms with E-state index < -0.39 is 5.82 Å². The molecule has 4 nitrogen and oxygen atoms in total. The van der Waals surface area contributed by atoms with Gasteiger partial charge in [0, 0.05) is 25.6 Å². The first-order valence-corrected chi connectivity index (χ1v) is 7.17. The predicted molar refractivity (Wildman–Crippen MR) is 85.1 cm³/mol. The monoisotopic (exact) mass is 312 g/mol. The predicted octanol–water partition coefficient (Wildman–Crippen LogP) is 2.61. The summed E-state index contributed by atoms with van der Waals surface area (Å²) in [6.45, 7) is 4.89. The molecule has 1 aromatic carbocycles. The zero-order valence-electron chi connectivity index (χ0n) is 12.6. The van der Waals surface area contributed by atoms with Gasteiger partial charge in [-0.3, -0.25) is 4.79 Å². The van der Waals surface area contributed by atoms with Crippen LogP contribution in [0.2, 0.25) is 0 Å². The van der Waals surface area contributed by atoms with Crippen molar-refractivity contribution < 1.29 is 13.9 Å². The van der Waals surface area contributed by atoms with E-state index in [1.807, 2.05) is 13.8 Å². The minimum Gasteiger partial charge on any atom is -0.497 e. The SMILES string of the molecule is COc1ccc(C(=O)N(CCC(N)=S)CC(C)C)c(F)c1. The van der Waals surface area contributed by atoms with Crippen molar-refractivity contribution in [3.05, 3.63) is 29.6 Å². The molecule has 0 unspecified atom stereocenters. The summed E-state index contributed by atoms with van der Waals surface area (Å²) in [5.74, 6) is -0.312. The lowest BCUT2D eigenvalue weighted by molar-refractivity contribution is 0.0736.